The summed E-state index contributed by atoms with van der Waals surface area (Å²) in [6, 6.07) is 10.7. The number of carbonyl (C=O) groups excluding carboxylic acids is 2. The number of nitrogens with zero attached hydrogens (tertiary/aromatic N) is 2. The lowest BCUT2D eigenvalue weighted by atomic mass is 10.1. The summed E-state index contributed by atoms with van der Waals surface area (Å²) in [5.41, 5.74) is 2.10. The summed E-state index contributed by atoms with van der Waals surface area (Å²) in [5.74, 6) is 1.31. The molecule has 1 aliphatic heterocycles. The molecule has 0 aliphatic carbocycles. The number of aryl methyl sites for hydroxylation is 2. The minimum atomic E-state index is -0.452. The number of benzene rings is 1. The second kappa shape index (κ2) is 7.15. The van der Waals surface area contributed by atoms with Crippen molar-refractivity contribution in [3.05, 3.63) is 53.5 Å². The maximum Gasteiger partial charge on any atom is 0.268 e. The molecule has 136 valence electrons. The van der Waals surface area contributed by atoms with Crippen LogP contribution in [0.5, 0.6) is 0 Å². The van der Waals surface area contributed by atoms with Gasteiger partial charge in [0.25, 0.3) is 5.91 Å². The van der Waals surface area contributed by atoms with Gasteiger partial charge in [0, 0.05) is 12.0 Å². The second-order valence-electron chi connectivity index (χ2n) is 6.62. The Hall–Kier alpha value is -2.89. The highest BCUT2D eigenvalue weighted by Crippen LogP contribution is 2.26. The van der Waals surface area contributed by atoms with Gasteiger partial charge in [-0.05, 0) is 45.9 Å². The Balaban J connectivity index is 1.78. The number of hydrogen-bond donors (Lipinski definition) is 1. The minimum Gasteiger partial charge on any atom is -0.466 e. The molecular weight excluding hydrogens is 330 g/mol. The Morgan fingerprint density at radius 3 is 2.54 bits per heavy atom. The minimum absolute atomic E-state index is 0.0187. The van der Waals surface area contributed by atoms with E-state index >= 15 is 0 Å². The van der Waals surface area contributed by atoms with Gasteiger partial charge in [-0.15, -0.1) is 0 Å². The molecule has 0 spiro atoms. The van der Waals surface area contributed by atoms with Crippen LogP contribution in [0.15, 0.2) is 45.9 Å². The van der Waals surface area contributed by atoms with E-state index in [0.29, 0.717) is 12.1 Å². The van der Waals surface area contributed by atoms with Gasteiger partial charge in [0.1, 0.15) is 23.3 Å². The Morgan fingerprint density at radius 1 is 1.27 bits per heavy atom. The topological polar surface area (TPSA) is 74.9 Å². The van der Waals surface area contributed by atoms with Gasteiger partial charge in [-0.25, -0.2) is 0 Å². The number of nitrogens with one attached hydrogen (secondary N) is 1. The lowest BCUT2D eigenvalue weighted by Crippen LogP contribution is -2.35. The molecule has 26 heavy (non-hydrogen) atoms. The van der Waals surface area contributed by atoms with Crippen LogP contribution in [0.4, 0.5) is 5.69 Å². The maximum atomic E-state index is 12.7. The molecule has 2 heterocycles. The van der Waals surface area contributed by atoms with Gasteiger partial charge in [0.05, 0.1) is 11.7 Å². The van der Waals surface area contributed by atoms with Gasteiger partial charge < -0.3 is 9.73 Å². The predicted octanol–water partition coefficient (Wildman–Crippen LogP) is 3.30. The van der Waals surface area contributed by atoms with Crippen LogP contribution in [-0.4, -0.2) is 23.4 Å². The summed E-state index contributed by atoms with van der Waals surface area (Å²) >= 11 is 0. The van der Waals surface area contributed by atoms with Crippen molar-refractivity contribution in [2.24, 2.45) is 5.10 Å². The third kappa shape index (κ3) is 3.54. The molecule has 0 saturated carbocycles. The fraction of sp³-hybridized carbons (Fsp3) is 0.350. The summed E-state index contributed by atoms with van der Waals surface area (Å²) in [5, 5.41) is 9.02. The first-order valence-electron chi connectivity index (χ1n) is 8.67. The number of hydrogen-bond acceptors (Lipinski definition) is 5. The van der Waals surface area contributed by atoms with Crippen molar-refractivity contribution in [2.45, 2.75) is 46.2 Å². The van der Waals surface area contributed by atoms with Gasteiger partial charge in [-0.1, -0.05) is 18.2 Å². The quantitative estimate of drug-likeness (QED) is 0.895. The predicted molar refractivity (Wildman–Crippen MR) is 100 cm³/mol. The summed E-state index contributed by atoms with van der Waals surface area (Å²) in [6.45, 7) is 7.18. The van der Waals surface area contributed by atoms with Gasteiger partial charge >= 0.3 is 0 Å². The average Bonchev–Trinajstić information content (AvgIpc) is 3.19. The Kier molecular flexibility index (Phi) is 4.93. The van der Waals surface area contributed by atoms with Gasteiger partial charge in [0.15, 0.2) is 5.78 Å². The number of amides is 1. The number of anilines is 1. The molecule has 3 rings (SSSR count). The van der Waals surface area contributed by atoms with Crippen molar-refractivity contribution >= 4 is 23.1 Å². The average molecular weight is 353 g/mol. The van der Waals surface area contributed by atoms with Crippen LogP contribution in [0.3, 0.4) is 0 Å². The van der Waals surface area contributed by atoms with E-state index < -0.39 is 6.04 Å². The fourth-order valence-corrected chi connectivity index (χ4v) is 3.22. The number of furan rings is 1. The molecule has 0 unspecified atom stereocenters. The van der Waals surface area contributed by atoms with Crippen LogP contribution >= 0.6 is 0 Å². The molecular formula is C20H23N3O3. The smallest absolute Gasteiger partial charge is 0.268 e. The normalized spacial score (nSPS) is 17.8. The van der Waals surface area contributed by atoms with Crippen LogP contribution in [0.25, 0.3) is 0 Å². The molecule has 1 N–H and O–H groups in total. The van der Waals surface area contributed by atoms with E-state index in [1.807, 2.05) is 57.2 Å². The zero-order chi connectivity index (χ0) is 18.8. The molecule has 2 atom stereocenters. The third-order valence-corrected chi connectivity index (χ3v) is 4.56. The highest BCUT2D eigenvalue weighted by molar-refractivity contribution is 6.40. The van der Waals surface area contributed by atoms with Crippen LogP contribution in [0.1, 0.15) is 43.4 Å². The molecule has 0 radical (unpaired) electrons. The van der Waals surface area contributed by atoms with Crippen molar-refractivity contribution in [1.29, 1.82) is 0 Å². The fourth-order valence-electron chi connectivity index (χ4n) is 3.22. The maximum absolute atomic E-state index is 12.7. The van der Waals surface area contributed by atoms with Crippen molar-refractivity contribution in [3.63, 3.8) is 0 Å². The van der Waals surface area contributed by atoms with Crippen LogP contribution < -0.4 is 10.3 Å². The molecule has 1 aromatic heterocycles. The number of rotatable bonds is 5. The van der Waals surface area contributed by atoms with Crippen molar-refractivity contribution in [1.82, 2.24) is 5.32 Å². The van der Waals surface area contributed by atoms with E-state index in [1.54, 1.807) is 5.01 Å². The summed E-state index contributed by atoms with van der Waals surface area (Å²) in [6.07, 6.45) is 0.298. The lowest BCUT2D eigenvalue weighted by Gasteiger charge is -2.20. The first kappa shape index (κ1) is 17.9. The monoisotopic (exact) mass is 353 g/mol. The van der Waals surface area contributed by atoms with Gasteiger partial charge in [0.2, 0.25) is 0 Å². The highest BCUT2D eigenvalue weighted by Gasteiger charge is 2.34. The summed E-state index contributed by atoms with van der Waals surface area (Å²) < 4.78 is 5.53. The zero-order valence-corrected chi connectivity index (χ0v) is 15.4. The number of para-hydroxylation sites is 1. The van der Waals surface area contributed by atoms with Crippen LogP contribution in [-0.2, 0) is 9.59 Å². The first-order valence-corrected chi connectivity index (χ1v) is 8.67. The Bertz CT molecular complexity index is 854. The summed E-state index contributed by atoms with van der Waals surface area (Å²) in [4.78, 5) is 24.7. The Morgan fingerprint density at radius 2 is 1.96 bits per heavy atom. The number of ketones is 1. The van der Waals surface area contributed by atoms with Gasteiger partial charge in [-0.3, -0.25) is 14.6 Å². The molecule has 1 aromatic carbocycles. The van der Waals surface area contributed by atoms with E-state index in [0.717, 1.165) is 22.8 Å². The van der Waals surface area contributed by atoms with E-state index in [-0.39, 0.29) is 17.7 Å². The van der Waals surface area contributed by atoms with Crippen molar-refractivity contribution in [3.8, 4) is 0 Å². The SMILES string of the molecule is CC(=O)[C@@H]1CC(C(=O)N[C@H](C)c2cc(C)oc2C)=NN1c1ccccc1. The van der Waals surface area contributed by atoms with Crippen LogP contribution in [0.2, 0.25) is 0 Å². The summed E-state index contributed by atoms with van der Waals surface area (Å²) in [7, 11) is 0. The number of Topliss-reactive ketones (excluding diaryl/α,β-unsaturated/α-hetero) is 1. The van der Waals surface area contributed by atoms with E-state index in [1.165, 1.54) is 6.92 Å². The van der Waals surface area contributed by atoms with E-state index in [9.17, 15) is 9.59 Å². The molecule has 1 amide bonds. The van der Waals surface area contributed by atoms with Gasteiger partial charge in [-0.2, -0.15) is 5.10 Å². The molecule has 6 heteroatoms. The van der Waals surface area contributed by atoms with Crippen molar-refractivity contribution < 1.29 is 14.0 Å². The van der Waals surface area contributed by atoms with E-state index in [4.69, 9.17) is 4.42 Å². The zero-order valence-electron chi connectivity index (χ0n) is 15.4. The second-order valence-corrected chi connectivity index (χ2v) is 6.62. The largest absolute Gasteiger partial charge is 0.466 e. The lowest BCUT2D eigenvalue weighted by molar-refractivity contribution is -0.118. The molecule has 0 saturated heterocycles. The molecule has 1 aliphatic rings. The number of carbonyl (C=O) groups is 2. The number of hydrazone groups is 1. The third-order valence-electron chi connectivity index (χ3n) is 4.56. The van der Waals surface area contributed by atoms with E-state index in [2.05, 4.69) is 10.4 Å². The molecule has 6 nitrogen and oxygen atoms in total. The highest BCUT2D eigenvalue weighted by atomic mass is 16.3. The van der Waals surface area contributed by atoms with Crippen molar-refractivity contribution in [2.75, 3.05) is 5.01 Å². The standard InChI is InChI=1S/C20H23N3O3/c1-12-10-17(15(4)26-12)13(2)21-20(25)18-11-19(14(3)24)23(22-18)16-8-6-5-7-9-16/h5-10,13,19H,11H2,1-4H3,(H,21,25)/t13-,19+/m1/s1. The molecule has 0 bridgehead atoms. The molecule has 0 fully saturated rings. The Labute approximate surface area is 152 Å². The first-order chi connectivity index (χ1) is 12.4. The van der Waals surface area contributed by atoms with Crippen LogP contribution in [0, 0.1) is 13.8 Å². The molecule has 2 aromatic rings.